The Morgan fingerprint density at radius 3 is 2.90 bits per heavy atom. The highest BCUT2D eigenvalue weighted by Gasteiger charge is 2.40. The maximum absolute atomic E-state index is 13.1. The lowest BCUT2D eigenvalue weighted by molar-refractivity contribution is -0.000258. The molecule has 0 aliphatic carbocycles. The Balaban J connectivity index is 1.94. The molecule has 3 heterocycles. The molecule has 2 bridgehead atoms. The van der Waals surface area contributed by atoms with E-state index in [9.17, 15) is 4.79 Å². The summed E-state index contributed by atoms with van der Waals surface area (Å²) < 4.78 is 114. The first-order valence-electron chi connectivity index (χ1n) is 12.7. The van der Waals surface area contributed by atoms with Gasteiger partial charge in [0.25, 0.3) is 0 Å². The molecular weight excluding hydrogens is 264 g/mol. The van der Waals surface area contributed by atoms with Crippen LogP contribution < -0.4 is 0 Å². The van der Waals surface area contributed by atoms with Gasteiger partial charge in [-0.2, -0.15) is 0 Å². The number of hydrogen-bond donors (Lipinski definition) is 1. The van der Waals surface area contributed by atoms with Crippen LogP contribution in [0.3, 0.4) is 0 Å². The number of esters is 1. The van der Waals surface area contributed by atoms with Gasteiger partial charge in [-0.1, -0.05) is 18.2 Å². The third-order valence-corrected chi connectivity index (χ3v) is 3.27. The average Bonchev–Trinajstić information content (AvgIpc) is 3.21. The van der Waals surface area contributed by atoms with E-state index >= 15 is 0 Å². The van der Waals surface area contributed by atoms with Gasteiger partial charge in [0.2, 0.25) is 0 Å². The number of hydrogen-bond acceptors (Lipinski definition) is 3. The molecule has 0 radical (unpaired) electrons. The summed E-state index contributed by atoms with van der Waals surface area (Å²) in [6.07, 6.45) is -17.2. The molecule has 2 fully saturated rings. The molecule has 1 unspecified atom stereocenters. The maximum Gasteiger partial charge on any atom is 0.340 e. The molecule has 4 nitrogen and oxygen atoms in total. The summed E-state index contributed by atoms with van der Waals surface area (Å²) in [7, 11) is 0.821. The highest BCUT2D eigenvalue weighted by atomic mass is 16.5. The van der Waals surface area contributed by atoms with Gasteiger partial charge >= 0.3 is 5.97 Å². The molecule has 1 aromatic heterocycles. The lowest BCUT2D eigenvalue weighted by Gasteiger charge is -2.35. The fourth-order valence-corrected chi connectivity index (χ4v) is 2.17. The second-order valence-electron chi connectivity index (χ2n) is 4.55. The molecule has 3 atom stereocenters. The topological polar surface area (TPSA) is 45.3 Å². The number of carbonyl (C=O) groups is 1. The summed E-state index contributed by atoms with van der Waals surface area (Å²) in [5, 5.41) is -0.120. The normalized spacial score (nSPS) is 58.0. The molecule has 4 heteroatoms. The van der Waals surface area contributed by atoms with Gasteiger partial charge in [-0.05, 0) is 25.8 Å². The van der Waals surface area contributed by atoms with Crippen LogP contribution in [-0.4, -0.2) is 41.0 Å². The first kappa shape index (κ1) is 5.13. The maximum atomic E-state index is 13.1. The summed E-state index contributed by atoms with van der Waals surface area (Å²) in [6.45, 7) is 0. The van der Waals surface area contributed by atoms with Crippen molar-refractivity contribution >= 4 is 16.9 Å². The molecule has 2 saturated heterocycles. The zero-order chi connectivity index (χ0) is 26.1. The van der Waals surface area contributed by atoms with Gasteiger partial charge in [0.05, 0.1) is 9.68 Å². The third kappa shape index (κ3) is 2.14. The molecular formula is C17H20N2O2. The predicted molar refractivity (Wildman–Crippen MR) is 81.3 cm³/mol. The second-order valence-corrected chi connectivity index (χ2v) is 4.55. The van der Waals surface area contributed by atoms with Crippen molar-refractivity contribution in [1.82, 2.24) is 9.88 Å². The zero-order valence-electron chi connectivity index (χ0n) is 24.0. The lowest BCUT2D eigenvalue weighted by atomic mass is 10.0. The summed E-state index contributed by atoms with van der Waals surface area (Å²) in [4.78, 5) is 16.0. The van der Waals surface area contributed by atoms with Gasteiger partial charge in [0.1, 0.15) is 6.08 Å². The summed E-state index contributed by atoms with van der Waals surface area (Å²) in [6, 6.07) is -4.53. The molecule has 1 aromatic carbocycles. The van der Waals surface area contributed by atoms with Crippen molar-refractivity contribution in [3.05, 3.63) is 36.0 Å². The Hall–Kier alpha value is -1.81. The van der Waals surface area contributed by atoms with E-state index < -0.39 is 55.1 Å². The van der Waals surface area contributed by atoms with Gasteiger partial charge in [-0.15, -0.1) is 0 Å². The second kappa shape index (κ2) is 4.88. The molecule has 0 saturated carbocycles. The lowest BCUT2D eigenvalue weighted by Crippen LogP contribution is -2.43. The number of benzene rings is 1. The molecule has 2 aromatic rings. The van der Waals surface area contributed by atoms with Crippen molar-refractivity contribution in [2.24, 2.45) is 0 Å². The summed E-state index contributed by atoms with van der Waals surface area (Å²) >= 11 is 0. The van der Waals surface area contributed by atoms with Crippen LogP contribution in [-0.2, 0) is 4.74 Å². The van der Waals surface area contributed by atoms with E-state index in [1.54, 1.807) is 0 Å². The first-order chi connectivity index (χ1) is 15.2. The van der Waals surface area contributed by atoms with Gasteiger partial charge in [0, 0.05) is 55.6 Å². The number of nitrogens with zero attached hydrogens (tertiary/aromatic N) is 1. The number of aromatic nitrogens is 1. The van der Waals surface area contributed by atoms with E-state index in [1.165, 1.54) is 12.1 Å². The summed E-state index contributed by atoms with van der Waals surface area (Å²) in [5.41, 5.74) is -0.391. The van der Waals surface area contributed by atoms with E-state index in [0.29, 0.717) is 0 Å². The number of H-pyrrole nitrogens is 1. The number of nitrogens with one attached hydrogen (secondary N) is 1. The minimum Gasteiger partial charge on any atom is -0.459 e. The number of para-hydroxylation sites is 1. The quantitative estimate of drug-likeness (QED) is 0.867. The Bertz CT molecular complexity index is 1190. The molecule has 21 heavy (non-hydrogen) atoms. The van der Waals surface area contributed by atoms with E-state index in [0.717, 1.165) is 13.2 Å². The van der Waals surface area contributed by atoms with Gasteiger partial charge in [0.15, 0.2) is 0 Å². The van der Waals surface area contributed by atoms with Crippen LogP contribution in [0.1, 0.15) is 53.7 Å². The van der Waals surface area contributed by atoms with Crippen molar-refractivity contribution in [2.45, 2.75) is 43.6 Å². The molecule has 1 N–H and O–H groups in total. The third-order valence-electron chi connectivity index (χ3n) is 3.27. The van der Waals surface area contributed by atoms with E-state index in [-0.39, 0.29) is 27.9 Å². The molecule has 110 valence electrons. The Labute approximate surface area is 142 Å². The Morgan fingerprint density at radius 2 is 2.14 bits per heavy atom. The van der Waals surface area contributed by atoms with Gasteiger partial charge < -0.3 is 14.6 Å². The number of fused-ring (bicyclic) bond motifs is 3. The van der Waals surface area contributed by atoms with Crippen LogP contribution in [0.4, 0.5) is 0 Å². The van der Waals surface area contributed by atoms with E-state index in [1.807, 2.05) is 0 Å². The molecule has 2 aliphatic heterocycles. The van der Waals surface area contributed by atoms with Crippen LogP contribution in [0, 0.1) is 0 Å². The Kier molecular flexibility index (Phi) is 1.19. The standard InChI is InChI=1S/C17H20N2O2/c1-19-11-6-7-12(19)9-13(8-11)21-17(20)15-10-18-16-5-3-2-4-14(15)16/h2-5,10-13,18H,6-9H2,1H3/t11-,12+,13?/i4D,5D,6D2,7D2,8D2,9D2,11D,12D,13D. The van der Waals surface area contributed by atoms with Crippen molar-refractivity contribution in [1.29, 1.82) is 0 Å². The van der Waals surface area contributed by atoms with Crippen LogP contribution in [0.5, 0.6) is 0 Å². The van der Waals surface area contributed by atoms with E-state index in [2.05, 4.69) is 4.98 Å². The monoisotopic (exact) mass is 297 g/mol. The SMILES string of the molecule is [2H]c1ccc([2H])c2c(C(=O)OC3([2H])C([2H])([2H])[C@]4([2H])N(C)[C@]([2H])(C3([2H])[2H])C([2H])([2H])C4([2H])[2H])c[nH]c12. The molecule has 0 amide bonds. The number of rotatable bonds is 2. The van der Waals surface area contributed by atoms with Crippen molar-refractivity contribution in [3.63, 3.8) is 0 Å². The number of ether oxygens (including phenoxy) is 1. The zero-order valence-corrected chi connectivity index (χ0v) is 11.0. The summed E-state index contributed by atoms with van der Waals surface area (Å²) in [5.74, 6) is -1.52. The molecule has 0 spiro atoms. The van der Waals surface area contributed by atoms with Crippen molar-refractivity contribution in [3.8, 4) is 0 Å². The number of piperidine rings is 1. The van der Waals surface area contributed by atoms with E-state index in [4.69, 9.17) is 22.6 Å². The first-order valence-corrected chi connectivity index (χ1v) is 6.24. The number of carbonyl (C=O) groups excluding carboxylic acids is 1. The Morgan fingerprint density at radius 1 is 1.43 bits per heavy atom. The fraction of sp³-hybridized carbons (Fsp3) is 0.471. The smallest absolute Gasteiger partial charge is 0.340 e. The van der Waals surface area contributed by atoms with Crippen molar-refractivity contribution in [2.75, 3.05) is 7.05 Å². The van der Waals surface area contributed by atoms with Gasteiger partial charge in [-0.25, -0.2) is 4.79 Å². The van der Waals surface area contributed by atoms with Crippen LogP contribution in [0.25, 0.3) is 10.9 Å². The average molecular weight is 297 g/mol. The fourth-order valence-electron chi connectivity index (χ4n) is 2.17. The largest absolute Gasteiger partial charge is 0.459 e. The molecule has 2 aliphatic rings. The number of aromatic amines is 1. The van der Waals surface area contributed by atoms with Crippen LogP contribution in [0.2, 0.25) is 0 Å². The highest BCUT2D eigenvalue weighted by Crippen LogP contribution is 2.35. The predicted octanol–water partition coefficient (Wildman–Crippen LogP) is 2.95. The van der Waals surface area contributed by atoms with Gasteiger partial charge in [-0.3, -0.25) is 0 Å². The highest BCUT2D eigenvalue weighted by molar-refractivity contribution is 6.04. The van der Waals surface area contributed by atoms with Crippen LogP contribution >= 0.6 is 0 Å². The van der Waals surface area contributed by atoms with Crippen LogP contribution in [0.15, 0.2) is 30.4 Å². The molecule has 4 rings (SSSR count). The minimum absolute atomic E-state index is 0.0505. The van der Waals surface area contributed by atoms with Crippen molar-refractivity contribution < 1.29 is 27.4 Å². The minimum atomic E-state index is -3.77.